The zero-order chi connectivity index (χ0) is 19.2. The number of carbonyl (C=O) groups is 1. The predicted octanol–water partition coefficient (Wildman–Crippen LogP) is 5.43. The summed E-state index contributed by atoms with van der Waals surface area (Å²) in [5, 5.41) is 0.0815. The number of ketones is 1. The van der Waals surface area contributed by atoms with E-state index in [-0.39, 0.29) is 32.1 Å². The molecule has 2 aromatic carbocycles. The maximum atomic E-state index is 13.5. The first kappa shape index (κ1) is 19.2. The fourth-order valence-electron chi connectivity index (χ4n) is 2.55. The quantitative estimate of drug-likeness (QED) is 0.475. The number of fused-ring (bicyclic) bond motifs is 1. The molecule has 0 spiro atoms. The van der Waals surface area contributed by atoms with Gasteiger partial charge in [0, 0.05) is 10.0 Å². The van der Waals surface area contributed by atoms with E-state index < -0.39 is 24.6 Å². The third-order valence-electron chi connectivity index (χ3n) is 3.69. The number of benzene rings is 2. The van der Waals surface area contributed by atoms with Gasteiger partial charge in [0.15, 0.2) is 5.78 Å². The van der Waals surface area contributed by atoms with Gasteiger partial charge in [0.2, 0.25) is 5.95 Å². The SMILES string of the molecule is Nc1nc2c(Br)c(C(=O)c3cc(F)ccc3Cl)c(Br)cc2n1CC(F)F. The molecular weight excluding hydrogens is 502 g/mol. The maximum Gasteiger partial charge on any atom is 0.256 e. The Bertz CT molecular complexity index is 1040. The van der Waals surface area contributed by atoms with Crippen molar-refractivity contribution in [2.45, 2.75) is 13.0 Å². The molecule has 0 unspecified atom stereocenters. The highest BCUT2D eigenvalue weighted by Crippen LogP contribution is 2.37. The molecule has 0 aliphatic carbocycles. The minimum atomic E-state index is -2.63. The molecule has 136 valence electrons. The fourth-order valence-corrected chi connectivity index (χ4v) is 4.30. The first-order valence-electron chi connectivity index (χ1n) is 7.12. The van der Waals surface area contributed by atoms with Crippen molar-refractivity contribution in [1.82, 2.24) is 9.55 Å². The van der Waals surface area contributed by atoms with Gasteiger partial charge in [-0.3, -0.25) is 4.79 Å². The van der Waals surface area contributed by atoms with E-state index in [2.05, 4.69) is 36.8 Å². The standard InChI is InChI=1S/C16H9Br2ClF3N3O/c17-8-4-10-14(24-16(23)25(10)5-11(21)22)13(18)12(8)15(26)7-3-6(20)1-2-9(7)19/h1-4,11H,5H2,(H2,23,24). The molecule has 0 amide bonds. The van der Waals surface area contributed by atoms with E-state index in [1.165, 1.54) is 12.1 Å². The second kappa shape index (κ2) is 7.21. The molecule has 26 heavy (non-hydrogen) atoms. The van der Waals surface area contributed by atoms with Crippen LogP contribution in [0.3, 0.4) is 0 Å². The van der Waals surface area contributed by atoms with Crippen molar-refractivity contribution in [3.63, 3.8) is 0 Å². The largest absolute Gasteiger partial charge is 0.369 e. The molecule has 0 aliphatic rings. The summed E-state index contributed by atoms with van der Waals surface area (Å²) in [6, 6.07) is 4.91. The van der Waals surface area contributed by atoms with Crippen LogP contribution in [0.2, 0.25) is 5.02 Å². The van der Waals surface area contributed by atoms with E-state index in [0.717, 1.165) is 16.7 Å². The zero-order valence-electron chi connectivity index (χ0n) is 12.7. The Morgan fingerprint density at radius 3 is 2.65 bits per heavy atom. The van der Waals surface area contributed by atoms with Gasteiger partial charge in [0.1, 0.15) is 11.3 Å². The Labute approximate surface area is 167 Å². The van der Waals surface area contributed by atoms with Crippen molar-refractivity contribution in [1.29, 1.82) is 0 Å². The van der Waals surface area contributed by atoms with Crippen molar-refractivity contribution < 1.29 is 18.0 Å². The molecule has 0 saturated carbocycles. The average molecular weight is 512 g/mol. The van der Waals surface area contributed by atoms with Gasteiger partial charge in [0.05, 0.1) is 27.1 Å². The van der Waals surface area contributed by atoms with Crippen molar-refractivity contribution in [3.05, 3.63) is 55.2 Å². The van der Waals surface area contributed by atoms with E-state index >= 15 is 0 Å². The molecule has 0 atom stereocenters. The number of alkyl halides is 2. The highest BCUT2D eigenvalue weighted by atomic mass is 79.9. The lowest BCUT2D eigenvalue weighted by Crippen LogP contribution is -2.10. The Morgan fingerprint density at radius 1 is 1.31 bits per heavy atom. The van der Waals surface area contributed by atoms with Crippen LogP contribution in [0.4, 0.5) is 19.1 Å². The Kier molecular flexibility index (Phi) is 5.32. The molecule has 3 aromatic rings. The van der Waals surface area contributed by atoms with Crippen LogP contribution in [0.25, 0.3) is 11.0 Å². The number of aromatic nitrogens is 2. The summed E-state index contributed by atoms with van der Waals surface area (Å²) >= 11 is 12.6. The number of nitrogen functional groups attached to an aromatic ring is 1. The average Bonchev–Trinajstić information content (AvgIpc) is 2.86. The third kappa shape index (κ3) is 3.35. The number of halogens is 6. The highest BCUT2D eigenvalue weighted by molar-refractivity contribution is 9.11. The first-order valence-corrected chi connectivity index (χ1v) is 9.08. The predicted molar refractivity (Wildman–Crippen MR) is 100 cm³/mol. The smallest absolute Gasteiger partial charge is 0.256 e. The van der Waals surface area contributed by atoms with E-state index in [1.807, 2.05) is 0 Å². The van der Waals surface area contributed by atoms with E-state index in [1.54, 1.807) is 0 Å². The summed E-state index contributed by atoms with van der Waals surface area (Å²) in [7, 11) is 0. The van der Waals surface area contributed by atoms with Crippen LogP contribution in [0.5, 0.6) is 0 Å². The minimum absolute atomic E-state index is 0.0348. The third-order valence-corrected chi connectivity index (χ3v) is 5.41. The minimum Gasteiger partial charge on any atom is -0.369 e. The van der Waals surface area contributed by atoms with Crippen molar-refractivity contribution in [3.8, 4) is 0 Å². The Balaban J connectivity index is 2.22. The fraction of sp³-hybridized carbons (Fsp3) is 0.125. The lowest BCUT2D eigenvalue weighted by Gasteiger charge is -2.10. The van der Waals surface area contributed by atoms with Gasteiger partial charge in [-0.2, -0.15) is 0 Å². The summed E-state index contributed by atoms with van der Waals surface area (Å²) in [4.78, 5) is 16.9. The van der Waals surface area contributed by atoms with E-state index in [9.17, 15) is 18.0 Å². The van der Waals surface area contributed by atoms with Crippen LogP contribution in [-0.2, 0) is 6.54 Å². The molecule has 0 saturated heterocycles. The maximum absolute atomic E-state index is 13.5. The lowest BCUT2D eigenvalue weighted by atomic mass is 10.0. The molecule has 0 aliphatic heterocycles. The molecule has 1 aromatic heterocycles. The van der Waals surface area contributed by atoms with E-state index in [4.69, 9.17) is 17.3 Å². The summed E-state index contributed by atoms with van der Waals surface area (Å²) in [6.07, 6.45) is -2.63. The number of imidazole rings is 1. The molecule has 2 N–H and O–H groups in total. The number of hydrogen-bond donors (Lipinski definition) is 1. The molecule has 4 nitrogen and oxygen atoms in total. The van der Waals surface area contributed by atoms with Crippen LogP contribution in [0.1, 0.15) is 15.9 Å². The normalized spacial score (nSPS) is 11.5. The lowest BCUT2D eigenvalue weighted by molar-refractivity contribution is 0.103. The van der Waals surface area contributed by atoms with E-state index in [0.29, 0.717) is 9.99 Å². The van der Waals surface area contributed by atoms with Gasteiger partial charge in [-0.05, 0) is 56.1 Å². The molecule has 10 heteroatoms. The first-order chi connectivity index (χ1) is 12.2. The second-order valence-corrected chi connectivity index (χ2v) is 7.39. The summed E-state index contributed by atoms with van der Waals surface area (Å²) < 4.78 is 40.8. The Hall–Kier alpha value is -1.58. The van der Waals surface area contributed by atoms with Gasteiger partial charge in [-0.1, -0.05) is 11.6 Å². The van der Waals surface area contributed by atoms with Gasteiger partial charge < -0.3 is 10.3 Å². The van der Waals surface area contributed by atoms with Gasteiger partial charge >= 0.3 is 0 Å². The van der Waals surface area contributed by atoms with Crippen LogP contribution < -0.4 is 5.73 Å². The number of anilines is 1. The molecule has 1 heterocycles. The number of hydrogen-bond acceptors (Lipinski definition) is 3. The van der Waals surface area contributed by atoms with Crippen molar-refractivity contribution >= 4 is 66.2 Å². The number of rotatable bonds is 4. The summed E-state index contributed by atoms with van der Waals surface area (Å²) in [5.74, 6) is -1.28. The number of carbonyl (C=O) groups excluding carboxylic acids is 1. The van der Waals surface area contributed by atoms with Gasteiger partial charge in [-0.15, -0.1) is 0 Å². The van der Waals surface area contributed by atoms with Crippen LogP contribution in [0.15, 0.2) is 33.2 Å². The van der Waals surface area contributed by atoms with Crippen LogP contribution >= 0.6 is 43.5 Å². The van der Waals surface area contributed by atoms with Crippen molar-refractivity contribution in [2.24, 2.45) is 0 Å². The second-order valence-electron chi connectivity index (χ2n) is 5.34. The molecule has 0 radical (unpaired) electrons. The molecule has 0 bridgehead atoms. The molecule has 3 rings (SSSR count). The molecule has 0 fully saturated rings. The summed E-state index contributed by atoms with van der Waals surface area (Å²) in [6.45, 7) is -0.635. The van der Waals surface area contributed by atoms with Gasteiger partial charge in [0.25, 0.3) is 6.43 Å². The monoisotopic (exact) mass is 509 g/mol. The number of nitrogens with zero attached hydrogens (tertiary/aromatic N) is 2. The van der Waals surface area contributed by atoms with Gasteiger partial charge in [-0.25, -0.2) is 18.2 Å². The van der Waals surface area contributed by atoms with Crippen LogP contribution in [-0.4, -0.2) is 21.8 Å². The molecular formula is C16H9Br2ClF3N3O. The zero-order valence-corrected chi connectivity index (χ0v) is 16.7. The highest BCUT2D eigenvalue weighted by Gasteiger charge is 2.24. The van der Waals surface area contributed by atoms with Crippen molar-refractivity contribution in [2.75, 3.05) is 5.73 Å². The summed E-state index contributed by atoms with van der Waals surface area (Å²) in [5.41, 5.74) is 6.39. The van der Waals surface area contributed by atoms with Crippen LogP contribution in [0, 0.1) is 5.82 Å². The number of nitrogens with two attached hydrogens (primary N) is 1. The topological polar surface area (TPSA) is 60.9 Å². The Morgan fingerprint density at radius 2 is 2.00 bits per heavy atom.